The molecule has 1 saturated carbocycles. The van der Waals surface area contributed by atoms with Crippen molar-refractivity contribution in [3.05, 3.63) is 59.4 Å². The number of nitrogens with zero attached hydrogens (tertiary/aromatic N) is 1. The summed E-state index contributed by atoms with van der Waals surface area (Å²) in [6.45, 7) is 0. The van der Waals surface area contributed by atoms with Gasteiger partial charge in [0.05, 0.1) is 15.9 Å². The predicted octanol–water partition coefficient (Wildman–Crippen LogP) is 5.61. The van der Waals surface area contributed by atoms with Gasteiger partial charge in [0.25, 0.3) is 0 Å². The van der Waals surface area contributed by atoms with Crippen molar-refractivity contribution in [2.75, 3.05) is 10.6 Å². The summed E-state index contributed by atoms with van der Waals surface area (Å²) in [5.41, 5.74) is 1.38. The molecule has 3 aromatic rings. The highest BCUT2D eigenvalue weighted by molar-refractivity contribution is 7.19. The van der Waals surface area contributed by atoms with E-state index < -0.39 is 5.82 Å². The number of fused-ring (bicyclic) bond motifs is 1. The van der Waals surface area contributed by atoms with Crippen molar-refractivity contribution in [2.24, 2.45) is 5.92 Å². The van der Waals surface area contributed by atoms with Crippen molar-refractivity contribution < 1.29 is 14.0 Å². The lowest BCUT2D eigenvalue weighted by Gasteiger charge is -2.21. The Bertz CT molecular complexity index is 1070. The number of para-hydroxylation sites is 1. The van der Waals surface area contributed by atoms with Gasteiger partial charge in [-0.1, -0.05) is 31.4 Å². The summed E-state index contributed by atoms with van der Waals surface area (Å²) in [6.07, 6.45) is 7.90. The molecule has 2 N–H and O–H groups in total. The fourth-order valence-electron chi connectivity index (χ4n) is 3.59. The van der Waals surface area contributed by atoms with E-state index in [0.29, 0.717) is 5.69 Å². The van der Waals surface area contributed by atoms with Gasteiger partial charge in [-0.25, -0.2) is 9.37 Å². The number of thiazole rings is 1. The average molecular weight is 424 g/mol. The van der Waals surface area contributed by atoms with E-state index in [1.807, 2.05) is 24.3 Å². The molecule has 2 aromatic carbocycles. The molecule has 154 valence electrons. The van der Waals surface area contributed by atoms with E-state index in [-0.39, 0.29) is 23.4 Å². The van der Waals surface area contributed by atoms with Crippen molar-refractivity contribution in [2.45, 2.75) is 32.1 Å². The van der Waals surface area contributed by atoms with Crippen LogP contribution in [-0.2, 0) is 9.59 Å². The standard InChI is InChI=1S/C23H22FN3O2S/c24-17-11-10-16(14-19(17)27-23(29)15-6-2-1-3-7-15)25-21(28)12-13-22-26-18-8-4-5-9-20(18)30-22/h4-5,8-15H,1-3,6-7H2,(H,25,28)(H,27,29)/b13-12+. The number of hydrogen-bond donors (Lipinski definition) is 2. The van der Waals surface area contributed by atoms with Gasteiger partial charge in [-0.15, -0.1) is 11.3 Å². The normalized spacial score (nSPS) is 14.8. The second kappa shape index (κ2) is 9.17. The van der Waals surface area contributed by atoms with Crippen LogP contribution in [0.5, 0.6) is 0 Å². The molecule has 1 fully saturated rings. The lowest BCUT2D eigenvalue weighted by molar-refractivity contribution is -0.120. The molecule has 1 aliphatic rings. The molecule has 7 heteroatoms. The second-order valence-electron chi connectivity index (χ2n) is 7.36. The quantitative estimate of drug-likeness (QED) is 0.524. The zero-order valence-corrected chi connectivity index (χ0v) is 17.2. The van der Waals surface area contributed by atoms with Crippen molar-refractivity contribution in [3.63, 3.8) is 0 Å². The number of carbonyl (C=O) groups excluding carboxylic acids is 2. The molecule has 1 aromatic heterocycles. The third-order valence-corrected chi connectivity index (χ3v) is 6.16. The maximum absolute atomic E-state index is 14.2. The van der Waals surface area contributed by atoms with Crippen molar-refractivity contribution in [1.29, 1.82) is 0 Å². The van der Waals surface area contributed by atoms with E-state index in [9.17, 15) is 14.0 Å². The van der Waals surface area contributed by atoms with Crippen molar-refractivity contribution in [3.8, 4) is 0 Å². The SMILES string of the molecule is O=C(/C=C/c1nc2ccccc2s1)Nc1ccc(F)c(NC(=O)C2CCCCC2)c1. The van der Waals surface area contributed by atoms with Gasteiger partial charge in [0, 0.05) is 17.7 Å². The zero-order valence-electron chi connectivity index (χ0n) is 16.4. The lowest BCUT2D eigenvalue weighted by atomic mass is 9.88. The third kappa shape index (κ3) is 4.91. The Balaban J connectivity index is 1.40. The minimum absolute atomic E-state index is 0.0758. The van der Waals surface area contributed by atoms with Gasteiger partial charge in [0.2, 0.25) is 11.8 Å². The number of rotatable bonds is 5. The minimum atomic E-state index is -0.526. The molecule has 5 nitrogen and oxygen atoms in total. The largest absolute Gasteiger partial charge is 0.323 e. The fraction of sp³-hybridized carbons (Fsp3) is 0.261. The van der Waals surface area contributed by atoms with Crippen LogP contribution in [0.25, 0.3) is 16.3 Å². The summed E-state index contributed by atoms with van der Waals surface area (Å²) in [7, 11) is 0. The summed E-state index contributed by atoms with van der Waals surface area (Å²) >= 11 is 1.50. The number of carbonyl (C=O) groups is 2. The molecule has 0 atom stereocenters. The van der Waals surface area contributed by atoms with Crippen LogP contribution >= 0.6 is 11.3 Å². The van der Waals surface area contributed by atoms with Crippen LogP contribution in [0.4, 0.5) is 15.8 Å². The monoisotopic (exact) mass is 423 g/mol. The molecule has 0 radical (unpaired) electrons. The number of halogens is 1. The highest BCUT2D eigenvalue weighted by Crippen LogP contribution is 2.27. The smallest absolute Gasteiger partial charge is 0.248 e. The third-order valence-electron chi connectivity index (χ3n) is 5.16. The first-order chi connectivity index (χ1) is 14.6. The fourth-order valence-corrected chi connectivity index (χ4v) is 4.46. The molecular weight excluding hydrogens is 401 g/mol. The molecule has 0 unspecified atom stereocenters. The van der Waals surface area contributed by atoms with Gasteiger partial charge < -0.3 is 10.6 Å². The maximum atomic E-state index is 14.2. The van der Waals surface area contributed by atoms with E-state index in [1.165, 1.54) is 35.6 Å². The Morgan fingerprint density at radius 2 is 1.87 bits per heavy atom. The molecule has 1 aliphatic carbocycles. The average Bonchev–Trinajstić information content (AvgIpc) is 3.18. The van der Waals surface area contributed by atoms with Gasteiger partial charge in [0.15, 0.2) is 0 Å². The van der Waals surface area contributed by atoms with Crippen molar-refractivity contribution in [1.82, 2.24) is 4.98 Å². The first kappa shape index (κ1) is 20.2. The van der Waals surface area contributed by atoms with Crippen LogP contribution < -0.4 is 10.6 Å². The Labute approximate surface area is 178 Å². The van der Waals surface area contributed by atoms with Gasteiger partial charge in [-0.2, -0.15) is 0 Å². The minimum Gasteiger partial charge on any atom is -0.323 e. The predicted molar refractivity (Wildman–Crippen MR) is 119 cm³/mol. The van der Waals surface area contributed by atoms with Gasteiger partial charge in [-0.3, -0.25) is 9.59 Å². The topological polar surface area (TPSA) is 71.1 Å². The molecule has 0 saturated heterocycles. The molecular formula is C23H22FN3O2S. The van der Waals surface area contributed by atoms with E-state index in [4.69, 9.17) is 0 Å². The molecule has 2 amide bonds. The molecule has 0 spiro atoms. The Morgan fingerprint density at radius 3 is 2.67 bits per heavy atom. The second-order valence-corrected chi connectivity index (χ2v) is 8.42. The first-order valence-electron chi connectivity index (χ1n) is 10.0. The highest BCUT2D eigenvalue weighted by atomic mass is 32.1. The summed E-state index contributed by atoms with van der Waals surface area (Å²) in [5, 5.41) is 6.10. The van der Waals surface area contributed by atoms with Crippen molar-refractivity contribution >= 4 is 50.8 Å². The Morgan fingerprint density at radius 1 is 1.07 bits per heavy atom. The molecule has 0 aliphatic heterocycles. The van der Waals surface area contributed by atoms with Crippen LogP contribution in [-0.4, -0.2) is 16.8 Å². The van der Waals surface area contributed by atoms with Crippen LogP contribution in [0.15, 0.2) is 48.5 Å². The van der Waals surface area contributed by atoms with E-state index in [0.717, 1.165) is 47.3 Å². The van der Waals surface area contributed by atoms with E-state index in [2.05, 4.69) is 15.6 Å². The summed E-state index contributed by atoms with van der Waals surface area (Å²) in [5.74, 6) is -1.12. The lowest BCUT2D eigenvalue weighted by Crippen LogP contribution is -2.25. The van der Waals surface area contributed by atoms with Gasteiger partial charge in [-0.05, 0) is 49.2 Å². The van der Waals surface area contributed by atoms with Crippen LogP contribution in [0.3, 0.4) is 0 Å². The Hall–Kier alpha value is -3.06. The number of anilines is 2. The molecule has 4 rings (SSSR count). The number of amides is 2. The van der Waals surface area contributed by atoms with Crippen LogP contribution in [0.1, 0.15) is 37.1 Å². The number of benzene rings is 2. The van der Waals surface area contributed by atoms with Gasteiger partial charge in [0.1, 0.15) is 10.8 Å². The first-order valence-corrected chi connectivity index (χ1v) is 10.9. The number of aromatic nitrogens is 1. The molecule has 30 heavy (non-hydrogen) atoms. The number of nitrogens with one attached hydrogen (secondary N) is 2. The molecule has 1 heterocycles. The number of hydrogen-bond acceptors (Lipinski definition) is 4. The highest BCUT2D eigenvalue weighted by Gasteiger charge is 2.22. The van der Waals surface area contributed by atoms with E-state index >= 15 is 0 Å². The van der Waals surface area contributed by atoms with Crippen LogP contribution in [0.2, 0.25) is 0 Å². The summed E-state index contributed by atoms with van der Waals surface area (Å²) in [4.78, 5) is 29.1. The summed E-state index contributed by atoms with van der Waals surface area (Å²) < 4.78 is 15.2. The maximum Gasteiger partial charge on any atom is 0.248 e. The van der Waals surface area contributed by atoms with E-state index in [1.54, 1.807) is 6.08 Å². The molecule has 0 bridgehead atoms. The van der Waals surface area contributed by atoms with Crippen LogP contribution in [0, 0.1) is 11.7 Å². The van der Waals surface area contributed by atoms with Gasteiger partial charge >= 0.3 is 0 Å². The Kier molecular flexibility index (Phi) is 6.18. The summed E-state index contributed by atoms with van der Waals surface area (Å²) in [6, 6.07) is 11.9. The zero-order chi connectivity index (χ0) is 20.9.